The van der Waals surface area contributed by atoms with Crippen molar-refractivity contribution in [1.82, 2.24) is 5.32 Å². The monoisotopic (exact) mass is 263 g/mol. The molecule has 3 heteroatoms. The van der Waals surface area contributed by atoms with Crippen molar-refractivity contribution in [3.63, 3.8) is 0 Å². The number of nitrogens with one attached hydrogen (secondary N) is 1. The van der Waals surface area contributed by atoms with Gasteiger partial charge in [-0.05, 0) is 32.0 Å². The second kappa shape index (κ2) is 6.30. The summed E-state index contributed by atoms with van der Waals surface area (Å²) in [5.41, 5.74) is 1.15. The second-order valence-corrected chi connectivity index (χ2v) is 5.75. The van der Waals surface area contributed by atoms with E-state index in [1.165, 1.54) is 4.90 Å². The van der Waals surface area contributed by atoms with E-state index in [0.29, 0.717) is 0 Å². The first kappa shape index (κ1) is 13.5. The second-order valence-electron chi connectivity index (χ2n) is 4.69. The Morgan fingerprint density at radius 2 is 2.33 bits per heavy atom. The Labute approximate surface area is 114 Å². The van der Waals surface area contributed by atoms with E-state index in [2.05, 4.69) is 37.9 Å². The minimum Gasteiger partial charge on any atom is -0.486 e. The van der Waals surface area contributed by atoms with Gasteiger partial charge in [-0.25, -0.2) is 0 Å². The molecule has 18 heavy (non-hydrogen) atoms. The quantitative estimate of drug-likeness (QED) is 0.822. The molecule has 1 aromatic rings. The smallest absolute Gasteiger partial charge is 0.133 e. The van der Waals surface area contributed by atoms with Gasteiger partial charge in [-0.3, -0.25) is 0 Å². The Kier molecular flexibility index (Phi) is 4.72. The SMILES string of the molecule is C=C(C)C(NCCC)C1CSc2ccccc2O1. The van der Waals surface area contributed by atoms with Crippen LogP contribution in [0.2, 0.25) is 0 Å². The number of benzene rings is 1. The predicted octanol–water partition coefficient (Wildman–Crippen LogP) is 3.48. The van der Waals surface area contributed by atoms with Gasteiger partial charge in [0.05, 0.1) is 6.04 Å². The van der Waals surface area contributed by atoms with Crippen LogP contribution in [0.5, 0.6) is 5.75 Å². The van der Waals surface area contributed by atoms with E-state index >= 15 is 0 Å². The van der Waals surface area contributed by atoms with Crippen LogP contribution >= 0.6 is 11.8 Å². The van der Waals surface area contributed by atoms with Crippen molar-refractivity contribution in [1.29, 1.82) is 0 Å². The molecule has 2 unspecified atom stereocenters. The Morgan fingerprint density at radius 3 is 3.06 bits per heavy atom. The summed E-state index contributed by atoms with van der Waals surface area (Å²) in [7, 11) is 0. The minimum atomic E-state index is 0.175. The first-order valence-corrected chi connectivity index (χ1v) is 7.48. The Morgan fingerprint density at radius 1 is 1.56 bits per heavy atom. The van der Waals surface area contributed by atoms with Crippen LogP contribution in [0.3, 0.4) is 0 Å². The molecule has 0 radical (unpaired) electrons. The predicted molar refractivity (Wildman–Crippen MR) is 78.5 cm³/mol. The molecule has 0 fully saturated rings. The maximum absolute atomic E-state index is 6.11. The number of hydrogen-bond acceptors (Lipinski definition) is 3. The molecule has 2 rings (SSSR count). The van der Waals surface area contributed by atoms with Gasteiger partial charge in [0.2, 0.25) is 0 Å². The molecule has 98 valence electrons. The molecule has 1 aliphatic rings. The zero-order valence-electron chi connectivity index (χ0n) is 11.1. The molecule has 1 aromatic carbocycles. The van der Waals surface area contributed by atoms with Crippen LogP contribution in [-0.2, 0) is 0 Å². The lowest BCUT2D eigenvalue weighted by atomic mass is 10.1. The van der Waals surface area contributed by atoms with E-state index in [-0.39, 0.29) is 12.1 Å². The Hall–Kier alpha value is -0.930. The van der Waals surface area contributed by atoms with E-state index < -0.39 is 0 Å². The van der Waals surface area contributed by atoms with E-state index in [4.69, 9.17) is 4.74 Å². The molecule has 0 amide bonds. The number of para-hydroxylation sites is 1. The first-order valence-electron chi connectivity index (χ1n) is 6.49. The van der Waals surface area contributed by atoms with Gasteiger partial charge in [0.25, 0.3) is 0 Å². The standard InChI is InChI=1S/C15H21NOS/c1-4-9-16-15(11(2)3)13-10-18-14-8-6-5-7-12(14)17-13/h5-8,13,15-16H,2,4,9-10H2,1,3H3. The third-order valence-electron chi connectivity index (χ3n) is 3.05. The van der Waals surface area contributed by atoms with Crippen LogP contribution in [0.25, 0.3) is 0 Å². The van der Waals surface area contributed by atoms with Crippen LogP contribution in [0, 0.1) is 0 Å². The van der Waals surface area contributed by atoms with Gasteiger partial charge in [0.1, 0.15) is 11.9 Å². The van der Waals surface area contributed by atoms with Gasteiger partial charge in [-0.2, -0.15) is 0 Å². The lowest BCUT2D eigenvalue weighted by molar-refractivity contribution is 0.180. The van der Waals surface area contributed by atoms with Crippen molar-refractivity contribution in [2.45, 2.75) is 37.3 Å². The van der Waals surface area contributed by atoms with Crippen molar-refractivity contribution >= 4 is 11.8 Å². The normalized spacial score (nSPS) is 19.8. The largest absolute Gasteiger partial charge is 0.486 e. The molecule has 1 heterocycles. The summed E-state index contributed by atoms with van der Waals surface area (Å²) < 4.78 is 6.11. The van der Waals surface area contributed by atoms with Crippen LogP contribution in [0.4, 0.5) is 0 Å². The highest BCUT2D eigenvalue weighted by Gasteiger charge is 2.28. The molecule has 0 bridgehead atoms. The summed E-state index contributed by atoms with van der Waals surface area (Å²) in [4.78, 5) is 1.24. The van der Waals surface area contributed by atoms with Gasteiger partial charge in [0.15, 0.2) is 0 Å². The van der Waals surface area contributed by atoms with E-state index in [1.807, 2.05) is 23.9 Å². The highest BCUT2D eigenvalue weighted by atomic mass is 32.2. The summed E-state index contributed by atoms with van der Waals surface area (Å²) in [6.45, 7) is 9.34. The molecule has 1 aliphatic heterocycles. The van der Waals surface area contributed by atoms with Gasteiger partial charge < -0.3 is 10.1 Å². The summed E-state index contributed by atoms with van der Waals surface area (Å²) in [6.07, 6.45) is 1.30. The van der Waals surface area contributed by atoms with E-state index in [9.17, 15) is 0 Å². The highest BCUT2D eigenvalue weighted by molar-refractivity contribution is 7.99. The number of rotatable bonds is 5. The zero-order valence-corrected chi connectivity index (χ0v) is 11.9. The molecule has 2 atom stereocenters. The number of thioether (sulfide) groups is 1. The molecule has 0 spiro atoms. The number of hydrogen-bond donors (Lipinski definition) is 1. The fourth-order valence-corrected chi connectivity index (χ4v) is 3.16. The van der Waals surface area contributed by atoms with Crippen LogP contribution in [-0.4, -0.2) is 24.4 Å². The minimum absolute atomic E-state index is 0.175. The van der Waals surface area contributed by atoms with Crippen molar-refractivity contribution in [2.75, 3.05) is 12.3 Å². The molecule has 0 aliphatic carbocycles. The third-order valence-corrected chi connectivity index (χ3v) is 4.19. The molecule has 0 saturated heterocycles. The molecule has 0 aromatic heterocycles. The lowest BCUT2D eigenvalue weighted by Gasteiger charge is -2.32. The van der Waals surface area contributed by atoms with Crippen molar-refractivity contribution < 1.29 is 4.74 Å². The summed E-state index contributed by atoms with van der Waals surface area (Å²) in [5.74, 6) is 1.98. The molecular formula is C15H21NOS. The Balaban J connectivity index is 2.08. The van der Waals surface area contributed by atoms with Crippen molar-refractivity contribution in [2.24, 2.45) is 0 Å². The van der Waals surface area contributed by atoms with E-state index in [1.54, 1.807) is 0 Å². The third kappa shape index (κ3) is 3.09. The Bertz CT molecular complexity index is 419. The van der Waals surface area contributed by atoms with Crippen molar-refractivity contribution in [3.8, 4) is 5.75 Å². The van der Waals surface area contributed by atoms with Crippen LogP contribution in [0.1, 0.15) is 20.3 Å². The maximum Gasteiger partial charge on any atom is 0.133 e. The fourth-order valence-electron chi connectivity index (χ4n) is 2.12. The molecule has 2 nitrogen and oxygen atoms in total. The summed E-state index contributed by atoms with van der Waals surface area (Å²) >= 11 is 1.87. The van der Waals surface area contributed by atoms with Gasteiger partial charge in [-0.1, -0.05) is 31.2 Å². The van der Waals surface area contributed by atoms with Gasteiger partial charge in [-0.15, -0.1) is 11.8 Å². The molecule has 0 saturated carbocycles. The molecular weight excluding hydrogens is 242 g/mol. The fraction of sp³-hybridized carbons (Fsp3) is 0.467. The number of ether oxygens (including phenoxy) is 1. The van der Waals surface area contributed by atoms with Crippen LogP contribution in [0.15, 0.2) is 41.3 Å². The average Bonchev–Trinajstić information content (AvgIpc) is 2.38. The topological polar surface area (TPSA) is 21.3 Å². The summed E-state index contributed by atoms with van der Waals surface area (Å²) in [6, 6.07) is 8.48. The first-order chi connectivity index (χ1) is 8.72. The maximum atomic E-state index is 6.11. The number of fused-ring (bicyclic) bond motifs is 1. The van der Waals surface area contributed by atoms with Gasteiger partial charge >= 0.3 is 0 Å². The van der Waals surface area contributed by atoms with E-state index in [0.717, 1.165) is 30.0 Å². The van der Waals surface area contributed by atoms with Crippen LogP contribution < -0.4 is 10.1 Å². The van der Waals surface area contributed by atoms with Crippen molar-refractivity contribution in [3.05, 3.63) is 36.4 Å². The molecule has 1 N–H and O–H groups in total. The zero-order chi connectivity index (χ0) is 13.0. The summed E-state index contributed by atoms with van der Waals surface area (Å²) in [5, 5.41) is 3.53. The van der Waals surface area contributed by atoms with Gasteiger partial charge in [0, 0.05) is 10.6 Å². The highest BCUT2D eigenvalue weighted by Crippen LogP contribution is 2.36. The average molecular weight is 263 g/mol. The lowest BCUT2D eigenvalue weighted by Crippen LogP contribution is -2.46.